The Kier molecular flexibility index (Phi) is 5.62. The largest absolute Gasteiger partial charge is 0.338 e. The number of benzene rings is 2. The summed E-state index contributed by atoms with van der Waals surface area (Å²) >= 11 is 5.89. The van der Waals surface area contributed by atoms with Gasteiger partial charge in [0.15, 0.2) is 0 Å². The second-order valence-corrected chi connectivity index (χ2v) is 7.29. The van der Waals surface area contributed by atoms with Gasteiger partial charge in [0.1, 0.15) is 0 Å². The molecule has 0 bridgehead atoms. The second kappa shape index (κ2) is 7.92. The number of amides is 2. The zero-order chi connectivity index (χ0) is 18.7. The minimum Gasteiger partial charge on any atom is -0.338 e. The minimum absolute atomic E-state index is 0.0176. The average Bonchev–Trinajstić information content (AvgIpc) is 2.65. The lowest BCUT2D eigenvalue weighted by atomic mass is 9.96. The summed E-state index contributed by atoms with van der Waals surface area (Å²) in [5.74, 6) is -0.263. The Balaban J connectivity index is 1.69. The summed E-state index contributed by atoms with van der Waals surface area (Å²) in [6.07, 6.45) is 1.62. The van der Waals surface area contributed by atoms with E-state index in [9.17, 15) is 9.59 Å². The monoisotopic (exact) mass is 370 g/mol. The number of carbonyl (C=O) groups excluding carboxylic acids is 2. The number of aryl methyl sites for hydroxylation is 2. The van der Waals surface area contributed by atoms with Crippen molar-refractivity contribution in [3.05, 3.63) is 64.2 Å². The molecule has 1 fully saturated rings. The summed E-state index contributed by atoms with van der Waals surface area (Å²) in [5, 5.41) is 3.66. The molecule has 1 aliphatic heterocycles. The minimum atomic E-state index is -0.195. The molecular formula is C21H23ClN2O2. The van der Waals surface area contributed by atoms with E-state index in [-0.39, 0.29) is 17.7 Å². The van der Waals surface area contributed by atoms with Gasteiger partial charge in [-0.3, -0.25) is 9.59 Å². The van der Waals surface area contributed by atoms with Gasteiger partial charge in [0.2, 0.25) is 5.91 Å². The van der Waals surface area contributed by atoms with Gasteiger partial charge in [-0.1, -0.05) is 29.8 Å². The van der Waals surface area contributed by atoms with E-state index >= 15 is 0 Å². The van der Waals surface area contributed by atoms with Crippen molar-refractivity contribution in [1.29, 1.82) is 0 Å². The van der Waals surface area contributed by atoms with Crippen molar-refractivity contribution in [3.8, 4) is 0 Å². The van der Waals surface area contributed by atoms with E-state index in [2.05, 4.69) is 5.32 Å². The van der Waals surface area contributed by atoms with Crippen LogP contribution in [0.4, 0.5) is 5.69 Å². The van der Waals surface area contributed by atoms with Crippen LogP contribution in [-0.2, 0) is 4.79 Å². The normalized spacial score (nSPS) is 17.0. The second-order valence-electron chi connectivity index (χ2n) is 6.85. The lowest BCUT2D eigenvalue weighted by Gasteiger charge is -2.32. The van der Waals surface area contributed by atoms with Crippen molar-refractivity contribution in [1.82, 2.24) is 4.90 Å². The quantitative estimate of drug-likeness (QED) is 0.867. The zero-order valence-corrected chi connectivity index (χ0v) is 15.8. The molecule has 1 heterocycles. The molecule has 0 aliphatic carbocycles. The van der Waals surface area contributed by atoms with Gasteiger partial charge in [-0.05, 0) is 62.1 Å². The smallest absolute Gasteiger partial charge is 0.253 e. The van der Waals surface area contributed by atoms with E-state index in [1.807, 2.05) is 32.0 Å². The lowest BCUT2D eigenvalue weighted by Crippen LogP contribution is -2.43. The molecule has 1 saturated heterocycles. The van der Waals surface area contributed by atoms with Crippen LogP contribution in [0.5, 0.6) is 0 Å². The summed E-state index contributed by atoms with van der Waals surface area (Å²) in [4.78, 5) is 27.2. The number of carbonyl (C=O) groups is 2. The maximum Gasteiger partial charge on any atom is 0.253 e. The van der Waals surface area contributed by atoms with Gasteiger partial charge in [-0.25, -0.2) is 0 Å². The highest BCUT2D eigenvalue weighted by Crippen LogP contribution is 2.24. The highest BCUT2D eigenvalue weighted by atomic mass is 35.5. The van der Waals surface area contributed by atoms with Gasteiger partial charge >= 0.3 is 0 Å². The number of hydrogen-bond acceptors (Lipinski definition) is 2. The highest BCUT2D eigenvalue weighted by Gasteiger charge is 2.29. The van der Waals surface area contributed by atoms with Crippen LogP contribution >= 0.6 is 11.6 Å². The van der Waals surface area contributed by atoms with Gasteiger partial charge in [0, 0.05) is 29.4 Å². The summed E-state index contributed by atoms with van der Waals surface area (Å²) < 4.78 is 0. The molecule has 2 aromatic rings. The first-order valence-corrected chi connectivity index (χ1v) is 9.25. The van der Waals surface area contributed by atoms with Crippen molar-refractivity contribution >= 4 is 29.1 Å². The summed E-state index contributed by atoms with van der Waals surface area (Å²) in [6, 6.07) is 12.8. The van der Waals surface area contributed by atoms with E-state index < -0.39 is 0 Å². The lowest BCUT2D eigenvalue weighted by molar-refractivity contribution is -0.121. The van der Waals surface area contributed by atoms with Crippen molar-refractivity contribution < 1.29 is 9.59 Å². The zero-order valence-electron chi connectivity index (χ0n) is 15.1. The number of nitrogens with zero attached hydrogens (tertiary/aromatic N) is 1. The van der Waals surface area contributed by atoms with Crippen LogP contribution in [0.15, 0.2) is 42.5 Å². The summed E-state index contributed by atoms with van der Waals surface area (Å²) in [7, 11) is 0. The molecule has 1 N–H and O–H groups in total. The molecule has 5 heteroatoms. The predicted octanol–water partition coefficient (Wildman–Crippen LogP) is 4.45. The number of rotatable bonds is 3. The van der Waals surface area contributed by atoms with E-state index in [1.54, 1.807) is 29.2 Å². The van der Waals surface area contributed by atoms with E-state index in [0.29, 0.717) is 23.7 Å². The van der Waals surface area contributed by atoms with Crippen LogP contribution in [0.2, 0.25) is 5.02 Å². The fourth-order valence-corrected chi connectivity index (χ4v) is 3.51. The van der Waals surface area contributed by atoms with Gasteiger partial charge in [0.25, 0.3) is 5.91 Å². The average molecular weight is 371 g/mol. The van der Waals surface area contributed by atoms with Crippen molar-refractivity contribution in [2.75, 3.05) is 18.4 Å². The molecule has 136 valence electrons. The third kappa shape index (κ3) is 4.07. The maximum absolute atomic E-state index is 12.8. The molecule has 4 nitrogen and oxygen atoms in total. The predicted molar refractivity (Wildman–Crippen MR) is 105 cm³/mol. The van der Waals surface area contributed by atoms with Gasteiger partial charge in [-0.2, -0.15) is 0 Å². The standard InChI is InChI=1S/C21H23ClN2O2/c1-14-5-3-6-15(2)19(14)23-20(25)17-7-4-12-24(13-17)21(26)16-8-10-18(22)11-9-16/h3,5-6,8-11,17H,4,7,12-13H2,1-2H3,(H,23,25)/t17-/m0/s1. The molecule has 0 unspecified atom stereocenters. The van der Waals surface area contributed by atoms with Crippen LogP contribution in [0.3, 0.4) is 0 Å². The molecule has 0 spiro atoms. The fraction of sp³-hybridized carbons (Fsp3) is 0.333. The van der Waals surface area contributed by atoms with Crippen molar-refractivity contribution in [2.45, 2.75) is 26.7 Å². The van der Waals surface area contributed by atoms with E-state index in [1.165, 1.54) is 0 Å². The van der Waals surface area contributed by atoms with Crippen LogP contribution < -0.4 is 5.32 Å². The first-order valence-electron chi connectivity index (χ1n) is 8.87. The Bertz CT molecular complexity index is 797. The Morgan fingerprint density at radius 1 is 1.08 bits per heavy atom. The highest BCUT2D eigenvalue weighted by molar-refractivity contribution is 6.30. The molecule has 1 atom stereocenters. The fourth-order valence-electron chi connectivity index (χ4n) is 3.39. The number of piperidine rings is 1. The first-order chi connectivity index (χ1) is 12.5. The molecule has 2 aromatic carbocycles. The molecule has 2 amide bonds. The molecule has 26 heavy (non-hydrogen) atoms. The van der Waals surface area contributed by atoms with Crippen LogP contribution in [-0.4, -0.2) is 29.8 Å². The van der Waals surface area contributed by atoms with Crippen molar-refractivity contribution in [2.24, 2.45) is 5.92 Å². The summed E-state index contributed by atoms with van der Waals surface area (Å²) in [5.41, 5.74) is 3.57. The van der Waals surface area contributed by atoms with Crippen LogP contribution in [0, 0.1) is 19.8 Å². The Labute approximate surface area is 159 Å². The van der Waals surface area contributed by atoms with Crippen LogP contribution in [0.25, 0.3) is 0 Å². The van der Waals surface area contributed by atoms with E-state index in [4.69, 9.17) is 11.6 Å². The number of anilines is 1. The Morgan fingerprint density at radius 2 is 1.73 bits per heavy atom. The topological polar surface area (TPSA) is 49.4 Å². The third-order valence-electron chi connectivity index (χ3n) is 4.90. The van der Waals surface area contributed by atoms with Gasteiger partial charge in [0.05, 0.1) is 5.92 Å². The Morgan fingerprint density at radius 3 is 2.38 bits per heavy atom. The number of likely N-dealkylation sites (tertiary alicyclic amines) is 1. The van der Waals surface area contributed by atoms with Gasteiger partial charge in [-0.15, -0.1) is 0 Å². The summed E-state index contributed by atoms with van der Waals surface area (Å²) in [6.45, 7) is 5.09. The number of hydrogen-bond donors (Lipinski definition) is 1. The third-order valence-corrected chi connectivity index (χ3v) is 5.15. The number of nitrogens with one attached hydrogen (secondary N) is 1. The SMILES string of the molecule is Cc1cccc(C)c1NC(=O)[C@H]1CCCN(C(=O)c2ccc(Cl)cc2)C1. The van der Waals surface area contributed by atoms with Crippen molar-refractivity contribution in [3.63, 3.8) is 0 Å². The maximum atomic E-state index is 12.8. The number of para-hydroxylation sites is 1. The van der Waals surface area contributed by atoms with Crippen LogP contribution in [0.1, 0.15) is 34.3 Å². The molecule has 1 aliphatic rings. The first kappa shape index (κ1) is 18.5. The molecular weight excluding hydrogens is 348 g/mol. The van der Waals surface area contributed by atoms with Gasteiger partial charge < -0.3 is 10.2 Å². The molecule has 0 radical (unpaired) electrons. The molecule has 0 aromatic heterocycles. The van der Waals surface area contributed by atoms with E-state index in [0.717, 1.165) is 29.7 Å². The number of halogens is 1. The molecule has 0 saturated carbocycles. The Hall–Kier alpha value is -2.33. The molecule has 3 rings (SSSR count).